The van der Waals surface area contributed by atoms with Gasteiger partial charge in [0, 0.05) is 25.5 Å². The van der Waals surface area contributed by atoms with Gasteiger partial charge in [0.2, 0.25) is 6.79 Å². The Hall–Kier alpha value is -2.64. The molecule has 8 heteroatoms. The number of esters is 2. The molecule has 8 nitrogen and oxygen atoms in total. The van der Waals surface area contributed by atoms with Gasteiger partial charge in [0.1, 0.15) is 12.4 Å². The van der Waals surface area contributed by atoms with Gasteiger partial charge in [-0.1, -0.05) is 0 Å². The van der Waals surface area contributed by atoms with Crippen LogP contribution in [0.1, 0.15) is 19.4 Å². The lowest BCUT2D eigenvalue weighted by Crippen LogP contribution is -2.09. The molecule has 0 unspecified atom stereocenters. The van der Waals surface area contributed by atoms with E-state index in [4.69, 9.17) is 9.47 Å². The Morgan fingerprint density at radius 3 is 2.40 bits per heavy atom. The fourth-order valence-electron chi connectivity index (χ4n) is 1.27. The molecule has 0 aliphatic heterocycles. The summed E-state index contributed by atoms with van der Waals surface area (Å²) in [6.07, 6.45) is 0. The third-order valence-electron chi connectivity index (χ3n) is 2.17. The molecular weight excluding hydrogens is 270 g/mol. The molecule has 1 aromatic rings. The molecule has 0 bridgehead atoms. The van der Waals surface area contributed by atoms with Crippen LogP contribution < -0.4 is 4.74 Å². The minimum atomic E-state index is -0.589. The van der Waals surface area contributed by atoms with Crippen LogP contribution in [0.3, 0.4) is 0 Å². The molecule has 0 amide bonds. The number of non-ortho nitro benzene ring substituents is 1. The first-order valence-corrected chi connectivity index (χ1v) is 5.57. The van der Waals surface area contributed by atoms with E-state index in [1.807, 2.05) is 0 Å². The number of carbonyl (C=O) groups excluding carboxylic acids is 2. The molecule has 108 valence electrons. The number of benzene rings is 1. The summed E-state index contributed by atoms with van der Waals surface area (Å²) in [4.78, 5) is 31.5. The van der Waals surface area contributed by atoms with Gasteiger partial charge in [-0.3, -0.25) is 19.7 Å². The van der Waals surface area contributed by atoms with E-state index in [1.165, 1.54) is 32.0 Å². The lowest BCUT2D eigenvalue weighted by atomic mass is 10.2. The maximum absolute atomic E-state index is 10.8. The zero-order valence-corrected chi connectivity index (χ0v) is 11.0. The minimum absolute atomic E-state index is 0.0945. The van der Waals surface area contributed by atoms with Gasteiger partial charge in [-0.25, -0.2) is 0 Å². The number of nitro benzene ring substituents is 1. The van der Waals surface area contributed by atoms with Crippen LogP contribution in [0.15, 0.2) is 18.2 Å². The number of hydrogen-bond donors (Lipinski definition) is 0. The maximum Gasteiger partial charge on any atom is 0.305 e. The van der Waals surface area contributed by atoms with Gasteiger partial charge in [-0.2, -0.15) is 0 Å². The highest BCUT2D eigenvalue weighted by molar-refractivity contribution is 5.66. The molecule has 0 aromatic heterocycles. The molecule has 0 atom stereocenters. The predicted molar refractivity (Wildman–Crippen MR) is 65.8 cm³/mol. The van der Waals surface area contributed by atoms with Crippen molar-refractivity contribution in [2.24, 2.45) is 0 Å². The second kappa shape index (κ2) is 7.07. The van der Waals surface area contributed by atoms with Crippen LogP contribution in [-0.4, -0.2) is 23.7 Å². The van der Waals surface area contributed by atoms with Gasteiger partial charge < -0.3 is 14.2 Å². The van der Waals surface area contributed by atoms with Gasteiger partial charge >= 0.3 is 11.9 Å². The van der Waals surface area contributed by atoms with Crippen molar-refractivity contribution in [1.29, 1.82) is 0 Å². The average molecular weight is 283 g/mol. The van der Waals surface area contributed by atoms with E-state index in [-0.39, 0.29) is 24.8 Å². The number of nitrogens with zero attached hydrogens (tertiary/aromatic N) is 1. The third kappa shape index (κ3) is 4.92. The standard InChI is InChI=1S/C12H13NO7/c1-8(14)18-6-10-3-4-11(13(16)17)5-12(10)20-7-19-9(2)15/h3-5H,6-7H2,1-2H3. The van der Waals surface area contributed by atoms with Gasteiger partial charge in [0.25, 0.3) is 5.69 Å². The van der Waals surface area contributed by atoms with Crippen molar-refractivity contribution in [2.45, 2.75) is 20.5 Å². The van der Waals surface area contributed by atoms with E-state index in [1.54, 1.807) is 0 Å². The molecule has 0 spiro atoms. The zero-order chi connectivity index (χ0) is 15.1. The van der Waals surface area contributed by atoms with E-state index in [2.05, 4.69) is 4.74 Å². The largest absolute Gasteiger partial charge is 0.461 e. The number of hydrogen-bond acceptors (Lipinski definition) is 7. The zero-order valence-electron chi connectivity index (χ0n) is 11.0. The Kier molecular flexibility index (Phi) is 5.45. The fraction of sp³-hybridized carbons (Fsp3) is 0.333. The fourth-order valence-corrected chi connectivity index (χ4v) is 1.27. The molecule has 0 N–H and O–H groups in total. The van der Waals surface area contributed by atoms with E-state index in [0.29, 0.717) is 5.56 Å². The Morgan fingerprint density at radius 2 is 1.85 bits per heavy atom. The molecule has 0 saturated heterocycles. The van der Waals surface area contributed by atoms with E-state index < -0.39 is 16.9 Å². The van der Waals surface area contributed by atoms with Gasteiger partial charge in [0.05, 0.1) is 11.0 Å². The van der Waals surface area contributed by atoms with Crippen LogP contribution in [0, 0.1) is 10.1 Å². The van der Waals surface area contributed by atoms with Crippen LogP contribution in [0.5, 0.6) is 5.75 Å². The van der Waals surface area contributed by atoms with Crippen LogP contribution >= 0.6 is 0 Å². The summed E-state index contributed by atoms with van der Waals surface area (Å²) in [6.45, 7) is 1.97. The summed E-state index contributed by atoms with van der Waals surface area (Å²) in [7, 11) is 0. The van der Waals surface area contributed by atoms with E-state index >= 15 is 0 Å². The highest BCUT2D eigenvalue weighted by Gasteiger charge is 2.13. The van der Waals surface area contributed by atoms with Crippen molar-refractivity contribution in [1.82, 2.24) is 0 Å². The number of nitro groups is 1. The average Bonchev–Trinajstić information content (AvgIpc) is 2.36. The van der Waals surface area contributed by atoms with Crippen molar-refractivity contribution >= 4 is 17.6 Å². The first-order chi connectivity index (χ1) is 9.40. The van der Waals surface area contributed by atoms with Gasteiger partial charge in [-0.05, 0) is 6.07 Å². The Morgan fingerprint density at radius 1 is 1.20 bits per heavy atom. The summed E-state index contributed by atoms with van der Waals surface area (Å²) >= 11 is 0. The Labute approximate surface area is 114 Å². The Balaban J connectivity index is 2.87. The normalized spacial score (nSPS) is 9.70. The highest BCUT2D eigenvalue weighted by atomic mass is 16.7. The predicted octanol–water partition coefficient (Wildman–Crippen LogP) is 1.56. The third-order valence-corrected chi connectivity index (χ3v) is 2.17. The number of rotatable bonds is 6. The van der Waals surface area contributed by atoms with Crippen molar-refractivity contribution in [3.63, 3.8) is 0 Å². The van der Waals surface area contributed by atoms with E-state index in [0.717, 1.165) is 0 Å². The second-order valence-electron chi connectivity index (χ2n) is 3.73. The number of carbonyl (C=O) groups is 2. The topological polar surface area (TPSA) is 105 Å². The molecule has 0 fully saturated rings. The molecular formula is C12H13NO7. The van der Waals surface area contributed by atoms with Gasteiger partial charge in [0.15, 0.2) is 0 Å². The highest BCUT2D eigenvalue weighted by Crippen LogP contribution is 2.25. The molecule has 0 aliphatic carbocycles. The lowest BCUT2D eigenvalue weighted by Gasteiger charge is -2.11. The number of ether oxygens (including phenoxy) is 3. The summed E-state index contributed by atoms with van der Waals surface area (Å²) in [5.41, 5.74) is 0.243. The SMILES string of the molecule is CC(=O)OCOc1cc([N+](=O)[O-])ccc1COC(C)=O. The van der Waals surface area contributed by atoms with Gasteiger partial charge in [-0.15, -0.1) is 0 Å². The Bertz CT molecular complexity index is 527. The smallest absolute Gasteiger partial charge is 0.305 e. The molecule has 0 saturated carbocycles. The molecule has 20 heavy (non-hydrogen) atoms. The summed E-state index contributed by atoms with van der Waals surface area (Å²) < 4.78 is 14.5. The molecule has 1 aromatic carbocycles. The molecule has 0 aliphatic rings. The summed E-state index contributed by atoms with van der Waals surface area (Å²) in [6, 6.07) is 3.84. The van der Waals surface area contributed by atoms with Crippen LogP contribution in [0.25, 0.3) is 0 Å². The molecule has 1 rings (SSSR count). The van der Waals surface area contributed by atoms with Crippen molar-refractivity contribution in [3.8, 4) is 5.75 Å². The van der Waals surface area contributed by atoms with E-state index in [9.17, 15) is 19.7 Å². The molecule has 0 radical (unpaired) electrons. The van der Waals surface area contributed by atoms with Crippen LogP contribution in [-0.2, 0) is 25.7 Å². The van der Waals surface area contributed by atoms with Crippen molar-refractivity contribution in [3.05, 3.63) is 33.9 Å². The lowest BCUT2D eigenvalue weighted by molar-refractivity contribution is -0.385. The minimum Gasteiger partial charge on any atom is -0.461 e. The quantitative estimate of drug-likeness (QED) is 0.337. The van der Waals surface area contributed by atoms with Crippen molar-refractivity contribution in [2.75, 3.05) is 6.79 Å². The molecule has 0 heterocycles. The second-order valence-corrected chi connectivity index (χ2v) is 3.73. The monoisotopic (exact) mass is 283 g/mol. The van der Waals surface area contributed by atoms with Crippen LogP contribution in [0.2, 0.25) is 0 Å². The summed E-state index contributed by atoms with van der Waals surface area (Å²) in [5.74, 6) is -0.923. The summed E-state index contributed by atoms with van der Waals surface area (Å²) in [5, 5.41) is 10.7. The first kappa shape index (κ1) is 15.4. The maximum atomic E-state index is 10.8. The van der Waals surface area contributed by atoms with Crippen molar-refractivity contribution < 1.29 is 28.7 Å². The van der Waals surface area contributed by atoms with Crippen LogP contribution in [0.4, 0.5) is 5.69 Å². The first-order valence-electron chi connectivity index (χ1n) is 5.57.